The monoisotopic (exact) mass is 363 g/mol. The third kappa shape index (κ3) is 4.05. The molecule has 1 heterocycles. The number of nitrogens with zero attached hydrogens (tertiary/aromatic N) is 2. The maximum Gasteiger partial charge on any atom is 0.417 e. The summed E-state index contributed by atoms with van der Waals surface area (Å²) in [7, 11) is 1.43. The minimum Gasteiger partial charge on any atom is -0.271 e. The van der Waals surface area contributed by atoms with Gasteiger partial charge in [-0.15, -0.1) is 0 Å². The molecule has 1 amide bonds. The highest BCUT2D eigenvalue weighted by molar-refractivity contribution is 6.39. The number of amides is 1. The summed E-state index contributed by atoms with van der Waals surface area (Å²) in [5, 5.41) is 1.48. The average Bonchev–Trinajstić information content (AvgIpc) is 2.46. The van der Waals surface area contributed by atoms with Crippen molar-refractivity contribution in [1.29, 1.82) is 0 Å². The molecule has 0 aliphatic heterocycles. The van der Waals surface area contributed by atoms with E-state index in [4.69, 9.17) is 23.2 Å². The summed E-state index contributed by atoms with van der Waals surface area (Å²) in [4.78, 5) is 15.8. The number of aromatic nitrogens is 1. The van der Waals surface area contributed by atoms with Crippen LogP contribution in [0, 0.1) is 0 Å². The highest BCUT2D eigenvalue weighted by Gasteiger charge is 2.30. The van der Waals surface area contributed by atoms with E-state index in [2.05, 4.69) is 10.4 Å². The van der Waals surface area contributed by atoms with Gasteiger partial charge in [0.15, 0.2) is 0 Å². The quantitative estimate of drug-likeness (QED) is 0.831. The highest BCUT2D eigenvalue weighted by atomic mass is 35.5. The number of anilines is 1. The van der Waals surface area contributed by atoms with Crippen molar-refractivity contribution in [3.8, 4) is 0 Å². The summed E-state index contributed by atoms with van der Waals surface area (Å²) in [5.74, 6) is -0.487. The number of halogens is 5. The molecule has 122 valence electrons. The van der Waals surface area contributed by atoms with Gasteiger partial charge in [-0.3, -0.25) is 15.2 Å². The summed E-state index contributed by atoms with van der Waals surface area (Å²) in [6.07, 6.45) is -3.79. The lowest BCUT2D eigenvalue weighted by molar-refractivity contribution is -0.137. The second-order valence-corrected chi connectivity index (χ2v) is 5.31. The molecule has 0 saturated heterocycles. The van der Waals surface area contributed by atoms with Gasteiger partial charge in [0.25, 0.3) is 5.91 Å². The van der Waals surface area contributed by atoms with Crippen LogP contribution in [0.4, 0.5) is 19.0 Å². The maximum absolute atomic E-state index is 12.5. The molecule has 1 N–H and O–H groups in total. The number of alkyl halides is 3. The van der Waals surface area contributed by atoms with Crippen molar-refractivity contribution in [1.82, 2.24) is 10.4 Å². The summed E-state index contributed by atoms with van der Waals surface area (Å²) in [6, 6.07) is 6.59. The van der Waals surface area contributed by atoms with E-state index < -0.39 is 17.6 Å². The number of hydrogen-bond acceptors (Lipinski definition) is 3. The Morgan fingerprint density at radius 2 is 1.78 bits per heavy atom. The molecular formula is C14H10Cl2F3N3O. The van der Waals surface area contributed by atoms with Gasteiger partial charge >= 0.3 is 6.18 Å². The third-order valence-electron chi connectivity index (χ3n) is 2.88. The Labute approximate surface area is 139 Å². The maximum atomic E-state index is 12.5. The predicted octanol–water partition coefficient (Wildman–Crippen LogP) is 4.19. The van der Waals surface area contributed by atoms with Crippen molar-refractivity contribution in [2.24, 2.45) is 0 Å². The lowest BCUT2D eigenvalue weighted by atomic mass is 10.2. The van der Waals surface area contributed by atoms with Crippen LogP contribution in [0.25, 0.3) is 0 Å². The second kappa shape index (κ2) is 6.64. The molecule has 2 rings (SSSR count). The Morgan fingerprint density at radius 3 is 2.26 bits per heavy atom. The Kier molecular flexibility index (Phi) is 5.01. The molecule has 0 aliphatic rings. The first-order chi connectivity index (χ1) is 10.7. The molecule has 0 atom stereocenters. The van der Waals surface area contributed by atoms with Crippen LogP contribution in [-0.2, 0) is 6.18 Å². The molecule has 4 nitrogen and oxygen atoms in total. The average molecular weight is 364 g/mol. The fraction of sp³-hybridized carbons (Fsp3) is 0.143. The van der Waals surface area contributed by atoms with E-state index in [1.807, 2.05) is 0 Å². The van der Waals surface area contributed by atoms with Gasteiger partial charge < -0.3 is 0 Å². The van der Waals surface area contributed by atoms with Gasteiger partial charge in [-0.2, -0.15) is 13.2 Å². The number of hydrogen-bond donors (Lipinski definition) is 1. The van der Waals surface area contributed by atoms with E-state index in [0.717, 1.165) is 12.1 Å². The van der Waals surface area contributed by atoms with Gasteiger partial charge in [0, 0.05) is 13.2 Å². The number of pyridine rings is 1. The van der Waals surface area contributed by atoms with Crippen LogP contribution < -0.4 is 10.4 Å². The summed E-state index contributed by atoms with van der Waals surface area (Å²) >= 11 is 11.8. The van der Waals surface area contributed by atoms with Gasteiger partial charge in [0.05, 0.1) is 21.2 Å². The summed E-state index contributed by atoms with van der Waals surface area (Å²) in [5.41, 5.74) is 1.62. The SMILES string of the molecule is CN(NC(=O)c1c(Cl)cccc1Cl)c1ccc(C(F)(F)F)cn1. The van der Waals surface area contributed by atoms with Gasteiger partial charge in [-0.25, -0.2) is 4.98 Å². The number of carbonyl (C=O) groups is 1. The van der Waals surface area contributed by atoms with Crippen LogP contribution in [0.1, 0.15) is 15.9 Å². The topological polar surface area (TPSA) is 45.2 Å². The fourth-order valence-electron chi connectivity index (χ4n) is 1.73. The summed E-state index contributed by atoms with van der Waals surface area (Å²) < 4.78 is 37.5. The number of hydrazine groups is 1. The molecule has 9 heteroatoms. The lowest BCUT2D eigenvalue weighted by Crippen LogP contribution is -2.40. The van der Waals surface area contributed by atoms with Crippen LogP contribution in [0.15, 0.2) is 36.5 Å². The van der Waals surface area contributed by atoms with E-state index in [1.54, 1.807) is 6.07 Å². The van der Waals surface area contributed by atoms with Crippen molar-refractivity contribution in [2.75, 3.05) is 12.1 Å². The minimum absolute atomic E-state index is 0.0644. The first-order valence-corrected chi connectivity index (χ1v) is 6.97. The molecule has 0 saturated carbocycles. The molecule has 2 aromatic rings. The van der Waals surface area contributed by atoms with E-state index in [0.29, 0.717) is 6.20 Å². The number of carbonyl (C=O) groups excluding carboxylic acids is 1. The molecule has 0 bridgehead atoms. The van der Waals surface area contributed by atoms with Gasteiger partial charge in [0.2, 0.25) is 0 Å². The lowest BCUT2D eigenvalue weighted by Gasteiger charge is -2.20. The molecule has 1 aromatic heterocycles. The molecule has 0 radical (unpaired) electrons. The summed E-state index contributed by atoms with van der Waals surface area (Å²) in [6.45, 7) is 0. The molecule has 0 spiro atoms. The third-order valence-corrected chi connectivity index (χ3v) is 3.51. The Balaban J connectivity index is 2.16. The molecule has 0 fully saturated rings. The molecular weight excluding hydrogens is 354 g/mol. The van der Waals surface area contributed by atoms with Gasteiger partial charge in [-0.05, 0) is 24.3 Å². The van der Waals surface area contributed by atoms with Crippen LogP contribution in [0.5, 0.6) is 0 Å². The minimum atomic E-state index is -4.47. The Morgan fingerprint density at radius 1 is 1.17 bits per heavy atom. The molecule has 23 heavy (non-hydrogen) atoms. The van der Waals surface area contributed by atoms with Crippen molar-refractivity contribution in [2.45, 2.75) is 6.18 Å². The fourth-order valence-corrected chi connectivity index (χ4v) is 2.30. The van der Waals surface area contributed by atoms with Crippen LogP contribution in [0.2, 0.25) is 10.0 Å². The van der Waals surface area contributed by atoms with E-state index in [-0.39, 0.29) is 21.4 Å². The Bertz CT molecular complexity index is 700. The molecule has 0 aliphatic carbocycles. The van der Waals surface area contributed by atoms with Crippen LogP contribution in [-0.4, -0.2) is 17.9 Å². The Hall–Kier alpha value is -1.99. The van der Waals surface area contributed by atoms with Crippen molar-refractivity contribution in [3.63, 3.8) is 0 Å². The smallest absolute Gasteiger partial charge is 0.271 e. The number of nitrogens with one attached hydrogen (secondary N) is 1. The van der Waals surface area contributed by atoms with Crippen LogP contribution >= 0.6 is 23.2 Å². The number of rotatable bonds is 3. The van der Waals surface area contributed by atoms with Gasteiger partial charge in [-0.1, -0.05) is 29.3 Å². The van der Waals surface area contributed by atoms with Crippen molar-refractivity contribution >= 4 is 34.9 Å². The standard InChI is InChI=1S/C14H10Cl2F3N3O/c1-22(11-6-5-8(7-20-11)14(17,18)19)21-13(23)12-9(15)3-2-4-10(12)16/h2-7H,1H3,(H,21,23). The van der Waals surface area contributed by atoms with E-state index >= 15 is 0 Å². The highest BCUT2D eigenvalue weighted by Crippen LogP contribution is 2.29. The number of benzene rings is 1. The van der Waals surface area contributed by atoms with E-state index in [9.17, 15) is 18.0 Å². The van der Waals surface area contributed by atoms with Crippen molar-refractivity contribution in [3.05, 3.63) is 57.7 Å². The second-order valence-electron chi connectivity index (χ2n) is 4.50. The zero-order valence-electron chi connectivity index (χ0n) is 11.7. The molecule has 1 aromatic carbocycles. The first-order valence-electron chi connectivity index (χ1n) is 6.22. The normalized spacial score (nSPS) is 11.2. The zero-order valence-corrected chi connectivity index (χ0v) is 13.2. The van der Waals surface area contributed by atoms with Gasteiger partial charge in [0.1, 0.15) is 5.82 Å². The zero-order chi connectivity index (χ0) is 17.2. The van der Waals surface area contributed by atoms with E-state index in [1.165, 1.54) is 24.2 Å². The molecule has 0 unspecified atom stereocenters. The van der Waals surface area contributed by atoms with Crippen molar-refractivity contribution < 1.29 is 18.0 Å². The largest absolute Gasteiger partial charge is 0.417 e. The first kappa shape index (κ1) is 17.4. The van der Waals surface area contributed by atoms with Crippen LogP contribution in [0.3, 0.4) is 0 Å². The predicted molar refractivity (Wildman–Crippen MR) is 81.6 cm³/mol.